The van der Waals surface area contributed by atoms with Crippen LogP contribution in [0.3, 0.4) is 0 Å². The molecule has 0 bridgehead atoms. The number of rotatable bonds is 6. The Morgan fingerprint density at radius 3 is 2.35 bits per heavy atom. The van der Waals surface area contributed by atoms with Crippen molar-refractivity contribution in [2.45, 2.75) is 25.8 Å². The van der Waals surface area contributed by atoms with Gasteiger partial charge in [0.15, 0.2) is 0 Å². The summed E-state index contributed by atoms with van der Waals surface area (Å²) in [4.78, 5) is 37.9. The van der Waals surface area contributed by atoms with Crippen molar-refractivity contribution in [2.24, 2.45) is 0 Å². The van der Waals surface area contributed by atoms with Crippen LogP contribution < -0.4 is 5.32 Å². The summed E-state index contributed by atoms with van der Waals surface area (Å²) in [6, 6.07) is 13.9. The number of hydrogen-bond acceptors (Lipinski definition) is 3. The molecule has 0 unspecified atom stereocenters. The van der Waals surface area contributed by atoms with Crippen LogP contribution >= 0.6 is 11.6 Å². The first-order valence-corrected chi connectivity index (χ1v) is 8.85. The summed E-state index contributed by atoms with van der Waals surface area (Å²) in [6.45, 7) is 2.11. The van der Waals surface area contributed by atoms with Crippen LogP contribution in [0.4, 0.5) is 0 Å². The van der Waals surface area contributed by atoms with E-state index in [0.717, 1.165) is 5.56 Å². The number of amides is 3. The van der Waals surface area contributed by atoms with Crippen molar-refractivity contribution in [1.29, 1.82) is 0 Å². The van der Waals surface area contributed by atoms with Gasteiger partial charge in [-0.25, -0.2) is 0 Å². The Morgan fingerprint density at radius 2 is 1.73 bits per heavy atom. The molecule has 3 amide bonds. The van der Waals surface area contributed by atoms with Crippen molar-refractivity contribution in [3.8, 4) is 0 Å². The standard InChI is InChI=1S/C20H19ClN2O3/c1-13(14-6-4-7-15(21)12-14)22-18(24)10-5-11-23-19(25)16-8-2-3-9-17(16)20(23)26/h2-4,6-9,12-13H,5,10-11H2,1H3,(H,22,24)/t13-/m1/s1. The van der Waals surface area contributed by atoms with Crippen LogP contribution in [0, 0.1) is 0 Å². The molecule has 1 aliphatic heterocycles. The Morgan fingerprint density at radius 1 is 1.08 bits per heavy atom. The Labute approximate surface area is 156 Å². The van der Waals surface area contributed by atoms with Crippen LogP contribution in [0.5, 0.6) is 0 Å². The maximum absolute atomic E-state index is 12.3. The molecule has 0 saturated carbocycles. The van der Waals surface area contributed by atoms with Crippen molar-refractivity contribution >= 4 is 29.3 Å². The molecule has 3 rings (SSSR count). The largest absolute Gasteiger partial charge is 0.350 e. The second-order valence-corrected chi connectivity index (χ2v) is 6.69. The zero-order chi connectivity index (χ0) is 18.7. The maximum atomic E-state index is 12.3. The predicted octanol–water partition coefficient (Wildman–Crippen LogP) is 3.59. The molecule has 0 spiro atoms. The van der Waals surface area contributed by atoms with E-state index in [1.165, 1.54) is 4.90 Å². The summed E-state index contributed by atoms with van der Waals surface area (Å²) >= 11 is 5.97. The molecule has 0 saturated heterocycles. The third kappa shape index (κ3) is 3.78. The van der Waals surface area contributed by atoms with Crippen LogP contribution in [0.15, 0.2) is 48.5 Å². The lowest BCUT2D eigenvalue weighted by atomic mass is 10.1. The molecule has 5 nitrogen and oxygen atoms in total. The predicted molar refractivity (Wildman–Crippen MR) is 99.1 cm³/mol. The topological polar surface area (TPSA) is 66.5 Å². The number of nitrogens with zero attached hydrogens (tertiary/aromatic N) is 1. The highest BCUT2D eigenvalue weighted by molar-refractivity contribution is 6.30. The van der Waals surface area contributed by atoms with Gasteiger partial charge in [0.25, 0.3) is 11.8 Å². The number of benzene rings is 2. The fourth-order valence-corrected chi connectivity index (χ4v) is 3.21. The summed E-state index contributed by atoms with van der Waals surface area (Å²) in [6.07, 6.45) is 0.651. The summed E-state index contributed by atoms with van der Waals surface area (Å²) < 4.78 is 0. The van der Waals surface area contributed by atoms with Crippen molar-refractivity contribution < 1.29 is 14.4 Å². The molecule has 1 atom stereocenters. The minimum Gasteiger partial charge on any atom is -0.350 e. The number of imide groups is 1. The minimum atomic E-state index is -0.293. The molecule has 0 radical (unpaired) electrons. The van der Waals surface area contributed by atoms with Gasteiger partial charge >= 0.3 is 0 Å². The van der Waals surface area contributed by atoms with Crippen molar-refractivity contribution in [3.63, 3.8) is 0 Å². The second kappa shape index (κ2) is 7.70. The molecule has 0 fully saturated rings. The van der Waals surface area contributed by atoms with Crippen molar-refractivity contribution in [1.82, 2.24) is 10.2 Å². The normalized spacial score (nSPS) is 14.3. The lowest BCUT2D eigenvalue weighted by molar-refractivity contribution is -0.121. The van der Waals surface area contributed by atoms with E-state index < -0.39 is 0 Å². The first kappa shape index (κ1) is 18.1. The molecule has 2 aromatic carbocycles. The summed E-state index contributed by atoms with van der Waals surface area (Å²) in [5.41, 5.74) is 1.78. The van der Waals surface area contributed by atoms with E-state index in [2.05, 4.69) is 5.32 Å². The molecule has 134 valence electrons. The van der Waals surface area contributed by atoms with E-state index in [-0.39, 0.29) is 36.7 Å². The first-order chi connectivity index (χ1) is 12.5. The second-order valence-electron chi connectivity index (χ2n) is 6.26. The highest BCUT2D eigenvalue weighted by Crippen LogP contribution is 2.23. The number of fused-ring (bicyclic) bond motifs is 1. The zero-order valence-corrected chi connectivity index (χ0v) is 15.1. The molecule has 0 aromatic heterocycles. The summed E-state index contributed by atoms with van der Waals surface area (Å²) in [5, 5.41) is 3.52. The van der Waals surface area contributed by atoms with Crippen LogP contribution in [0.2, 0.25) is 5.02 Å². The van der Waals surface area contributed by atoms with E-state index in [0.29, 0.717) is 22.6 Å². The average molecular weight is 371 g/mol. The van der Waals surface area contributed by atoms with Gasteiger partial charge < -0.3 is 5.32 Å². The lowest BCUT2D eigenvalue weighted by Gasteiger charge is -2.16. The van der Waals surface area contributed by atoms with Gasteiger partial charge in [-0.2, -0.15) is 0 Å². The van der Waals surface area contributed by atoms with Gasteiger partial charge in [-0.05, 0) is 43.2 Å². The summed E-state index contributed by atoms with van der Waals surface area (Å²) in [5.74, 6) is -0.717. The monoisotopic (exact) mass is 370 g/mol. The van der Waals surface area contributed by atoms with Crippen molar-refractivity contribution in [3.05, 3.63) is 70.2 Å². The van der Waals surface area contributed by atoms with E-state index >= 15 is 0 Å². The molecule has 1 aliphatic rings. The fourth-order valence-electron chi connectivity index (χ4n) is 3.01. The van der Waals surface area contributed by atoms with Gasteiger partial charge in [0.05, 0.1) is 17.2 Å². The van der Waals surface area contributed by atoms with Gasteiger partial charge in [0.1, 0.15) is 0 Å². The molecule has 0 aliphatic carbocycles. The van der Waals surface area contributed by atoms with E-state index in [1.54, 1.807) is 30.3 Å². The molecule has 1 N–H and O–H groups in total. The number of carbonyl (C=O) groups is 3. The number of nitrogens with one attached hydrogen (secondary N) is 1. The lowest BCUT2D eigenvalue weighted by Crippen LogP contribution is -2.32. The first-order valence-electron chi connectivity index (χ1n) is 8.47. The van der Waals surface area contributed by atoms with Gasteiger partial charge in [0.2, 0.25) is 5.91 Å². The van der Waals surface area contributed by atoms with Gasteiger partial charge in [0, 0.05) is 18.0 Å². The fraction of sp³-hybridized carbons (Fsp3) is 0.250. The third-order valence-corrected chi connectivity index (χ3v) is 4.63. The maximum Gasteiger partial charge on any atom is 0.261 e. The highest BCUT2D eigenvalue weighted by Gasteiger charge is 2.34. The number of carbonyl (C=O) groups excluding carboxylic acids is 3. The van der Waals surface area contributed by atoms with Crippen LogP contribution in [-0.2, 0) is 4.79 Å². The van der Waals surface area contributed by atoms with Crippen LogP contribution in [0.1, 0.15) is 52.1 Å². The van der Waals surface area contributed by atoms with E-state index in [4.69, 9.17) is 11.6 Å². The number of hydrogen-bond donors (Lipinski definition) is 1. The Kier molecular flexibility index (Phi) is 5.38. The van der Waals surface area contributed by atoms with Crippen molar-refractivity contribution in [2.75, 3.05) is 6.54 Å². The third-order valence-electron chi connectivity index (χ3n) is 4.39. The molecule has 2 aromatic rings. The minimum absolute atomic E-state index is 0.130. The quantitative estimate of drug-likeness (QED) is 0.790. The Bertz CT molecular complexity index is 831. The molecule has 6 heteroatoms. The zero-order valence-electron chi connectivity index (χ0n) is 14.4. The van der Waals surface area contributed by atoms with Crippen LogP contribution in [0.25, 0.3) is 0 Å². The SMILES string of the molecule is C[C@@H](NC(=O)CCCN1C(=O)c2ccccc2C1=O)c1cccc(Cl)c1. The Balaban J connectivity index is 1.50. The molecule has 1 heterocycles. The van der Waals surface area contributed by atoms with E-state index in [9.17, 15) is 14.4 Å². The molecular weight excluding hydrogens is 352 g/mol. The van der Waals surface area contributed by atoms with E-state index in [1.807, 2.05) is 25.1 Å². The van der Waals surface area contributed by atoms with Gasteiger partial charge in [-0.15, -0.1) is 0 Å². The molecule has 26 heavy (non-hydrogen) atoms. The Hall–Kier alpha value is -2.66. The average Bonchev–Trinajstić information content (AvgIpc) is 2.87. The van der Waals surface area contributed by atoms with Gasteiger partial charge in [-0.3, -0.25) is 19.3 Å². The van der Waals surface area contributed by atoms with Gasteiger partial charge in [-0.1, -0.05) is 35.9 Å². The number of halogens is 1. The smallest absolute Gasteiger partial charge is 0.261 e. The van der Waals surface area contributed by atoms with Crippen LogP contribution in [-0.4, -0.2) is 29.2 Å². The highest BCUT2D eigenvalue weighted by atomic mass is 35.5. The molecular formula is C20H19ClN2O3. The summed E-state index contributed by atoms with van der Waals surface area (Å²) in [7, 11) is 0.